The van der Waals surface area contributed by atoms with E-state index < -0.39 is 0 Å². The molecule has 0 bridgehead atoms. The topological polar surface area (TPSA) is 59.6 Å². The van der Waals surface area contributed by atoms with Gasteiger partial charge in [-0.05, 0) is 44.7 Å². The molecule has 0 saturated carbocycles. The summed E-state index contributed by atoms with van der Waals surface area (Å²) in [5, 5.41) is 6.25. The maximum absolute atomic E-state index is 11.8. The second-order valence-electron chi connectivity index (χ2n) is 5.52. The highest BCUT2D eigenvalue weighted by Gasteiger charge is 2.30. The second-order valence-corrected chi connectivity index (χ2v) is 5.52. The Hall–Kier alpha value is -0.650. The molecule has 2 atom stereocenters. The van der Waals surface area contributed by atoms with Crippen molar-refractivity contribution >= 4 is 5.91 Å². The molecule has 2 saturated heterocycles. The zero-order valence-corrected chi connectivity index (χ0v) is 11.8. The Labute approximate surface area is 115 Å². The summed E-state index contributed by atoms with van der Waals surface area (Å²) >= 11 is 0. The van der Waals surface area contributed by atoms with Gasteiger partial charge in [-0.3, -0.25) is 4.79 Å². The third-order valence-corrected chi connectivity index (χ3v) is 3.91. The average molecular weight is 270 g/mol. The predicted octanol–water partition coefficient (Wildman–Crippen LogP) is 0.686. The summed E-state index contributed by atoms with van der Waals surface area (Å²) in [6, 6.07) is 0. The molecule has 110 valence electrons. The fourth-order valence-corrected chi connectivity index (χ4v) is 2.63. The normalized spacial score (nSPS) is 28.5. The maximum Gasteiger partial charge on any atom is 0.249 e. The summed E-state index contributed by atoms with van der Waals surface area (Å²) in [5.74, 6) is 0.373. The molecule has 5 heteroatoms. The van der Waals surface area contributed by atoms with Crippen LogP contribution < -0.4 is 10.6 Å². The predicted molar refractivity (Wildman–Crippen MR) is 73.0 cm³/mol. The number of ether oxygens (including phenoxy) is 2. The lowest BCUT2D eigenvalue weighted by Gasteiger charge is -2.23. The quantitative estimate of drug-likeness (QED) is 0.697. The highest BCUT2D eigenvalue weighted by Crippen LogP contribution is 2.19. The molecule has 0 aromatic heterocycles. The number of hydrogen-bond acceptors (Lipinski definition) is 4. The fourth-order valence-electron chi connectivity index (χ4n) is 2.63. The van der Waals surface area contributed by atoms with Crippen molar-refractivity contribution in [3.8, 4) is 0 Å². The van der Waals surface area contributed by atoms with E-state index in [0.29, 0.717) is 25.2 Å². The van der Waals surface area contributed by atoms with Gasteiger partial charge in [-0.2, -0.15) is 0 Å². The van der Waals surface area contributed by atoms with Crippen LogP contribution in [-0.4, -0.2) is 51.0 Å². The van der Waals surface area contributed by atoms with Crippen molar-refractivity contribution in [2.75, 3.05) is 32.8 Å². The van der Waals surface area contributed by atoms with Crippen LogP contribution in [0.3, 0.4) is 0 Å². The first-order valence-electron chi connectivity index (χ1n) is 7.49. The monoisotopic (exact) mass is 270 g/mol. The van der Waals surface area contributed by atoms with Crippen LogP contribution in [0.1, 0.15) is 32.6 Å². The number of piperidine rings is 1. The van der Waals surface area contributed by atoms with E-state index in [0.717, 1.165) is 45.4 Å². The second kappa shape index (κ2) is 7.82. The Morgan fingerprint density at radius 1 is 1.37 bits per heavy atom. The van der Waals surface area contributed by atoms with Gasteiger partial charge in [0, 0.05) is 19.8 Å². The average Bonchev–Trinajstić information content (AvgIpc) is 2.86. The van der Waals surface area contributed by atoms with E-state index in [2.05, 4.69) is 17.6 Å². The van der Waals surface area contributed by atoms with E-state index in [1.54, 1.807) is 0 Å². The summed E-state index contributed by atoms with van der Waals surface area (Å²) in [4.78, 5) is 11.8. The molecule has 0 aliphatic carbocycles. The van der Waals surface area contributed by atoms with Crippen LogP contribution in [0.4, 0.5) is 0 Å². The van der Waals surface area contributed by atoms with E-state index in [1.807, 2.05) is 0 Å². The molecule has 19 heavy (non-hydrogen) atoms. The molecule has 0 aromatic rings. The molecule has 0 radical (unpaired) electrons. The lowest BCUT2D eigenvalue weighted by Crippen LogP contribution is -2.38. The highest BCUT2D eigenvalue weighted by molar-refractivity contribution is 5.81. The largest absolute Gasteiger partial charge is 0.378 e. The lowest BCUT2D eigenvalue weighted by atomic mass is 10.0. The molecule has 2 unspecified atom stereocenters. The Balaban J connectivity index is 1.50. The molecular formula is C14H26N2O3. The summed E-state index contributed by atoms with van der Waals surface area (Å²) in [6.07, 6.45) is 4.20. The third-order valence-electron chi connectivity index (χ3n) is 3.91. The number of carbonyl (C=O) groups is 1. The van der Waals surface area contributed by atoms with Gasteiger partial charge >= 0.3 is 0 Å². The number of carbonyl (C=O) groups excluding carboxylic acids is 1. The maximum atomic E-state index is 11.8. The summed E-state index contributed by atoms with van der Waals surface area (Å²) in [7, 11) is 0. The molecule has 0 aromatic carbocycles. The van der Waals surface area contributed by atoms with Crippen LogP contribution >= 0.6 is 0 Å². The van der Waals surface area contributed by atoms with Crippen molar-refractivity contribution in [1.29, 1.82) is 0 Å². The van der Waals surface area contributed by atoms with Gasteiger partial charge < -0.3 is 20.1 Å². The first-order chi connectivity index (χ1) is 9.27. The minimum absolute atomic E-state index is 0.0341. The van der Waals surface area contributed by atoms with Crippen LogP contribution in [-0.2, 0) is 14.3 Å². The van der Waals surface area contributed by atoms with E-state index in [1.165, 1.54) is 0 Å². The van der Waals surface area contributed by atoms with E-state index in [-0.39, 0.29) is 12.0 Å². The molecule has 2 aliphatic rings. The summed E-state index contributed by atoms with van der Waals surface area (Å²) in [5.41, 5.74) is 0. The van der Waals surface area contributed by atoms with Crippen molar-refractivity contribution in [2.24, 2.45) is 5.92 Å². The van der Waals surface area contributed by atoms with Gasteiger partial charge in [-0.1, -0.05) is 6.92 Å². The fraction of sp³-hybridized carbons (Fsp3) is 0.929. The summed E-state index contributed by atoms with van der Waals surface area (Å²) < 4.78 is 11.2. The van der Waals surface area contributed by atoms with Gasteiger partial charge in [0.1, 0.15) is 6.10 Å². The van der Waals surface area contributed by atoms with Crippen LogP contribution in [0.5, 0.6) is 0 Å². The Bertz CT molecular complexity index is 280. The molecule has 1 amide bonds. The van der Waals surface area contributed by atoms with Gasteiger partial charge in [-0.15, -0.1) is 0 Å². The van der Waals surface area contributed by atoms with Gasteiger partial charge in [0.25, 0.3) is 0 Å². The zero-order valence-electron chi connectivity index (χ0n) is 11.8. The lowest BCUT2D eigenvalue weighted by molar-refractivity contribution is -0.131. The van der Waals surface area contributed by atoms with Crippen LogP contribution in [0, 0.1) is 5.92 Å². The zero-order chi connectivity index (χ0) is 13.5. The number of nitrogens with one attached hydrogen (secondary N) is 2. The van der Waals surface area contributed by atoms with E-state index >= 15 is 0 Å². The van der Waals surface area contributed by atoms with Crippen molar-refractivity contribution < 1.29 is 14.3 Å². The van der Waals surface area contributed by atoms with Crippen molar-refractivity contribution in [2.45, 2.75) is 44.8 Å². The van der Waals surface area contributed by atoms with E-state index in [9.17, 15) is 4.79 Å². The standard InChI is InChI=1S/C14H26N2O3/c1-11-5-10-19-13(11)14(17)16-6-2-9-18-12-3-7-15-8-4-12/h11-13,15H,2-10H2,1H3,(H,16,17). The van der Waals surface area contributed by atoms with E-state index in [4.69, 9.17) is 9.47 Å². The Kier molecular flexibility index (Phi) is 6.07. The molecular weight excluding hydrogens is 244 g/mol. The molecule has 2 heterocycles. The van der Waals surface area contributed by atoms with Gasteiger partial charge in [0.2, 0.25) is 5.91 Å². The minimum atomic E-state index is -0.245. The first-order valence-corrected chi connectivity index (χ1v) is 7.49. The number of hydrogen-bond donors (Lipinski definition) is 2. The van der Waals surface area contributed by atoms with Crippen molar-refractivity contribution in [3.05, 3.63) is 0 Å². The molecule has 2 N–H and O–H groups in total. The number of amides is 1. The smallest absolute Gasteiger partial charge is 0.249 e. The SMILES string of the molecule is CC1CCOC1C(=O)NCCCOC1CCNCC1. The van der Waals surface area contributed by atoms with Crippen molar-refractivity contribution in [1.82, 2.24) is 10.6 Å². The first kappa shape index (κ1) is 14.8. The number of rotatable bonds is 6. The molecule has 2 aliphatic heterocycles. The highest BCUT2D eigenvalue weighted by atomic mass is 16.5. The Morgan fingerprint density at radius 3 is 2.84 bits per heavy atom. The van der Waals surface area contributed by atoms with Gasteiger partial charge in [-0.25, -0.2) is 0 Å². The summed E-state index contributed by atoms with van der Waals surface area (Å²) in [6.45, 7) is 6.29. The molecule has 2 rings (SSSR count). The molecule has 0 spiro atoms. The van der Waals surface area contributed by atoms with Crippen LogP contribution in [0.2, 0.25) is 0 Å². The minimum Gasteiger partial charge on any atom is -0.378 e. The van der Waals surface area contributed by atoms with Crippen molar-refractivity contribution in [3.63, 3.8) is 0 Å². The van der Waals surface area contributed by atoms with Crippen LogP contribution in [0.15, 0.2) is 0 Å². The van der Waals surface area contributed by atoms with Gasteiger partial charge in [0.15, 0.2) is 0 Å². The van der Waals surface area contributed by atoms with Crippen LogP contribution in [0.25, 0.3) is 0 Å². The van der Waals surface area contributed by atoms with Gasteiger partial charge in [0.05, 0.1) is 6.10 Å². The molecule has 2 fully saturated rings. The third kappa shape index (κ3) is 4.75. The Morgan fingerprint density at radius 2 is 2.16 bits per heavy atom. The molecule has 5 nitrogen and oxygen atoms in total.